The quantitative estimate of drug-likeness (QED) is 0.193. The SMILES string of the molecule is N#Cc1ccc2c(c1)c1cc(C#N)ccc1n2-c1c(C#N)cccc1-c1ccccc1-c1cccc(-n2c3ccccc3c3ccccc32)c1. The van der Waals surface area contributed by atoms with Gasteiger partial charge in [-0.05, 0) is 83.4 Å². The van der Waals surface area contributed by atoms with Gasteiger partial charge in [0.15, 0.2) is 0 Å². The number of hydrogen-bond acceptors (Lipinski definition) is 3. The summed E-state index contributed by atoms with van der Waals surface area (Å²) < 4.78 is 4.42. The molecule has 0 N–H and O–H groups in total. The van der Waals surface area contributed by atoms with Crippen molar-refractivity contribution in [2.45, 2.75) is 0 Å². The van der Waals surface area contributed by atoms with E-state index in [2.05, 4.69) is 118 Å². The molecule has 5 nitrogen and oxygen atoms in total. The summed E-state index contributed by atoms with van der Waals surface area (Å²) in [4.78, 5) is 0. The predicted molar refractivity (Wildman–Crippen MR) is 200 cm³/mol. The Morgan fingerprint density at radius 2 is 0.920 bits per heavy atom. The van der Waals surface area contributed by atoms with Crippen LogP contribution >= 0.6 is 0 Å². The maximum Gasteiger partial charge on any atom is 0.101 e. The largest absolute Gasteiger partial charge is 0.309 e. The van der Waals surface area contributed by atoms with Gasteiger partial charge in [0.2, 0.25) is 0 Å². The molecule has 0 aliphatic rings. The fourth-order valence-electron chi connectivity index (χ4n) is 7.48. The molecule has 5 heteroatoms. The van der Waals surface area contributed by atoms with Crippen LogP contribution in [0.2, 0.25) is 0 Å². The highest BCUT2D eigenvalue weighted by Gasteiger charge is 2.21. The molecule has 0 saturated heterocycles. The minimum absolute atomic E-state index is 0.517. The van der Waals surface area contributed by atoms with Crippen LogP contribution in [0, 0.1) is 34.0 Å². The Balaban J connectivity index is 1.30. The number of nitrogens with zero attached hydrogens (tertiary/aromatic N) is 5. The molecule has 9 rings (SSSR count). The molecular formula is C45H25N5. The van der Waals surface area contributed by atoms with E-state index in [1.54, 1.807) is 12.1 Å². The number of para-hydroxylation sites is 3. The van der Waals surface area contributed by atoms with Gasteiger partial charge in [-0.2, -0.15) is 15.8 Å². The summed E-state index contributed by atoms with van der Waals surface area (Å²) in [6.07, 6.45) is 0. The number of aromatic nitrogens is 2. The van der Waals surface area contributed by atoms with Crippen molar-refractivity contribution in [2.75, 3.05) is 0 Å². The van der Waals surface area contributed by atoms with E-state index in [1.165, 1.54) is 10.8 Å². The first kappa shape index (κ1) is 28.8. The summed E-state index contributed by atoms with van der Waals surface area (Å²) in [6.45, 7) is 0. The number of fused-ring (bicyclic) bond motifs is 6. The minimum atomic E-state index is 0.517. The molecule has 0 radical (unpaired) electrons. The Bertz CT molecular complexity index is 2850. The number of rotatable bonds is 4. The average molecular weight is 636 g/mol. The van der Waals surface area contributed by atoms with Crippen LogP contribution in [0.25, 0.3) is 77.2 Å². The molecule has 50 heavy (non-hydrogen) atoms. The van der Waals surface area contributed by atoms with Crippen molar-refractivity contribution in [1.82, 2.24) is 9.13 Å². The highest BCUT2D eigenvalue weighted by molar-refractivity contribution is 6.11. The third-order valence-electron chi connectivity index (χ3n) is 9.62. The predicted octanol–water partition coefficient (Wildman–Crippen LogP) is 10.8. The fourth-order valence-corrected chi connectivity index (χ4v) is 7.48. The lowest BCUT2D eigenvalue weighted by Gasteiger charge is -2.19. The molecule has 0 spiro atoms. The van der Waals surface area contributed by atoms with Crippen molar-refractivity contribution < 1.29 is 0 Å². The van der Waals surface area contributed by atoms with Crippen LogP contribution in [0.1, 0.15) is 16.7 Å². The summed E-state index contributed by atoms with van der Waals surface area (Å²) >= 11 is 0. The molecule has 0 aliphatic heterocycles. The number of hydrogen-bond donors (Lipinski definition) is 0. The highest BCUT2D eigenvalue weighted by Crippen LogP contribution is 2.42. The normalized spacial score (nSPS) is 11.1. The Morgan fingerprint density at radius 1 is 0.380 bits per heavy atom. The summed E-state index contributed by atoms with van der Waals surface area (Å²) in [7, 11) is 0. The van der Waals surface area contributed by atoms with E-state index in [0.717, 1.165) is 66.5 Å². The van der Waals surface area contributed by atoms with Crippen molar-refractivity contribution in [2.24, 2.45) is 0 Å². The molecule has 0 saturated carbocycles. The maximum atomic E-state index is 10.5. The second-order valence-electron chi connectivity index (χ2n) is 12.3. The molecular weight excluding hydrogens is 611 g/mol. The van der Waals surface area contributed by atoms with Crippen LogP contribution in [0.3, 0.4) is 0 Å². The second kappa shape index (κ2) is 11.4. The zero-order valence-electron chi connectivity index (χ0n) is 26.7. The monoisotopic (exact) mass is 635 g/mol. The van der Waals surface area contributed by atoms with E-state index < -0.39 is 0 Å². The maximum absolute atomic E-state index is 10.5. The molecule has 230 valence electrons. The molecule has 0 atom stereocenters. The van der Waals surface area contributed by atoms with Crippen molar-refractivity contribution in [3.05, 3.63) is 168 Å². The van der Waals surface area contributed by atoms with Crippen LogP contribution in [0.15, 0.2) is 152 Å². The first-order valence-electron chi connectivity index (χ1n) is 16.3. The molecule has 0 aliphatic carbocycles. The van der Waals surface area contributed by atoms with E-state index in [0.29, 0.717) is 16.7 Å². The minimum Gasteiger partial charge on any atom is -0.309 e. The van der Waals surface area contributed by atoms with E-state index in [9.17, 15) is 15.8 Å². The highest BCUT2D eigenvalue weighted by atomic mass is 15.0. The zero-order chi connectivity index (χ0) is 33.8. The molecule has 2 heterocycles. The van der Waals surface area contributed by atoms with Gasteiger partial charge in [0.25, 0.3) is 0 Å². The fraction of sp³-hybridized carbons (Fsp3) is 0. The smallest absolute Gasteiger partial charge is 0.101 e. The third kappa shape index (κ3) is 4.31. The van der Waals surface area contributed by atoms with Gasteiger partial charge in [-0.3, -0.25) is 0 Å². The lowest BCUT2D eigenvalue weighted by Crippen LogP contribution is -2.02. The zero-order valence-corrected chi connectivity index (χ0v) is 26.7. The Labute approximate surface area is 287 Å². The molecule has 0 bridgehead atoms. The summed E-state index contributed by atoms with van der Waals surface area (Å²) in [6, 6.07) is 57.9. The van der Waals surface area contributed by atoms with Gasteiger partial charge < -0.3 is 9.13 Å². The van der Waals surface area contributed by atoms with Crippen molar-refractivity contribution in [1.29, 1.82) is 15.8 Å². The van der Waals surface area contributed by atoms with Gasteiger partial charge in [-0.1, -0.05) is 84.9 Å². The standard InChI is InChI=1S/C45H25N5/c46-26-29-19-21-43-39(23-29)40-24-30(27-47)20-22-44(40)50(43)45-32(28-48)10-8-16-38(45)35-13-2-1-12-34(35)31-9-7-11-33(25-31)49-41-17-5-3-14-36(41)37-15-4-6-18-42(37)49/h1-25H. The number of nitriles is 3. The Hall–Kier alpha value is -7.39. The summed E-state index contributed by atoms with van der Waals surface area (Å²) in [5.74, 6) is 0. The van der Waals surface area contributed by atoms with Gasteiger partial charge >= 0.3 is 0 Å². The topological polar surface area (TPSA) is 81.2 Å². The van der Waals surface area contributed by atoms with Crippen LogP contribution < -0.4 is 0 Å². The lowest BCUT2D eigenvalue weighted by molar-refractivity contribution is 1.17. The van der Waals surface area contributed by atoms with Crippen molar-refractivity contribution in [3.8, 4) is 51.8 Å². The van der Waals surface area contributed by atoms with Gasteiger partial charge in [0, 0.05) is 32.8 Å². The first-order valence-corrected chi connectivity index (χ1v) is 16.3. The van der Waals surface area contributed by atoms with Crippen LogP contribution in [0.5, 0.6) is 0 Å². The number of benzene rings is 7. The second-order valence-corrected chi connectivity index (χ2v) is 12.3. The van der Waals surface area contributed by atoms with Gasteiger partial charge in [-0.15, -0.1) is 0 Å². The summed E-state index contributed by atoms with van der Waals surface area (Å²) in [5.41, 5.74) is 11.3. The van der Waals surface area contributed by atoms with Crippen molar-refractivity contribution in [3.63, 3.8) is 0 Å². The van der Waals surface area contributed by atoms with Crippen LogP contribution in [0.4, 0.5) is 0 Å². The first-order chi connectivity index (χ1) is 24.7. The third-order valence-corrected chi connectivity index (χ3v) is 9.62. The molecule has 2 aromatic heterocycles. The summed E-state index contributed by atoms with van der Waals surface area (Å²) in [5, 5.41) is 34.1. The molecule has 9 aromatic rings. The van der Waals surface area contributed by atoms with E-state index >= 15 is 0 Å². The Morgan fingerprint density at radius 3 is 1.54 bits per heavy atom. The average Bonchev–Trinajstić information content (AvgIpc) is 3.69. The molecule has 0 unspecified atom stereocenters. The van der Waals surface area contributed by atoms with E-state index in [4.69, 9.17) is 0 Å². The van der Waals surface area contributed by atoms with Crippen LogP contribution in [-0.4, -0.2) is 9.13 Å². The molecule has 0 amide bonds. The van der Waals surface area contributed by atoms with Crippen LogP contribution in [-0.2, 0) is 0 Å². The van der Waals surface area contributed by atoms with Gasteiger partial charge in [0.1, 0.15) is 6.07 Å². The molecule has 0 fully saturated rings. The van der Waals surface area contributed by atoms with E-state index in [1.807, 2.05) is 48.5 Å². The van der Waals surface area contributed by atoms with E-state index in [-0.39, 0.29) is 0 Å². The van der Waals surface area contributed by atoms with Crippen molar-refractivity contribution >= 4 is 43.6 Å². The lowest BCUT2D eigenvalue weighted by atomic mass is 9.92. The Kier molecular flexibility index (Phi) is 6.56. The van der Waals surface area contributed by atoms with Gasteiger partial charge in [-0.25, -0.2) is 0 Å². The molecule has 7 aromatic carbocycles. The van der Waals surface area contributed by atoms with Gasteiger partial charge in [0.05, 0.1) is 56.6 Å².